The topological polar surface area (TPSA) is 70.4 Å². The van der Waals surface area contributed by atoms with E-state index in [1.807, 2.05) is 0 Å². The number of hydrogen-bond donors (Lipinski definition) is 2. The van der Waals surface area contributed by atoms with Crippen molar-refractivity contribution in [3.63, 3.8) is 0 Å². The van der Waals surface area contributed by atoms with Gasteiger partial charge in [-0.2, -0.15) is 13.2 Å². The molecule has 20 heavy (non-hydrogen) atoms. The van der Waals surface area contributed by atoms with E-state index in [0.717, 1.165) is 0 Å². The van der Waals surface area contributed by atoms with Gasteiger partial charge in [-0.25, -0.2) is 4.79 Å². The highest BCUT2D eigenvalue weighted by Gasteiger charge is 2.33. The van der Waals surface area contributed by atoms with Gasteiger partial charge < -0.3 is 15.3 Å². The number of alkyl halides is 3. The van der Waals surface area contributed by atoms with Crippen LogP contribution >= 0.6 is 0 Å². The monoisotopic (exact) mass is 287 g/mol. The Morgan fingerprint density at radius 1 is 1.30 bits per heavy atom. The van der Waals surface area contributed by atoms with Crippen molar-refractivity contribution in [1.82, 2.24) is 0 Å². The summed E-state index contributed by atoms with van der Waals surface area (Å²) in [5, 5.41) is 16.2. The molecule has 0 spiro atoms. The summed E-state index contributed by atoms with van der Waals surface area (Å²) < 4.78 is 41.1. The number of benzene rings is 1. The lowest BCUT2D eigenvalue weighted by molar-refractivity contribution is -0.120. The first-order valence-corrected chi connectivity index (χ1v) is 5.59. The van der Waals surface area contributed by atoms with Gasteiger partial charge in [0.2, 0.25) is 0 Å². The quantitative estimate of drug-likeness (QED) is 0.507. The van der Waals surface area contributed by atoms with Crippen molar-refractivity contribution < 1.29 is 27.8 Å². The highest BCUT2D eigenvalue weighted by Crippen LogP contribution is 2.23. The van der Waals surface area contributed by atoms with Gasteiger partial charge >= 0.3 is 12.1 Å². The molecule has 1 aromatic carbocycles. The molecule has 0 heterocycles. The number of rotatable bonds is 4. The number of aliphatic hydroxyl groups excluding tert-OH is 1. The Kier molecular flexibility index (Phi) is 4.90. The number of aliphatic hydroxyl groups is 1. The molecular formula is C13H12F3NO3. The summed E-state index contributed by atoms with van der Waals surface area (Å²) in [5.41, 5.74) is -0.156. The predicted molar refractivity (Wildman–Crippen MR) is 66.0 cm³/mol. The second-order valence-electron chi connectivity index (χ2n) is 3.74. The van der Waals surface area contributed by atoms with Crippen LogP contribution in [0.1, 0.15) is 22.8 Å². The number of hydrogen-bond acceptors (Lipinski definition) is 4. The van der Waals surface area contributed by atoms with Crippen LogP contribution in [0.3, 0.4) is 0 Å². The Hall–Kier alpha value is -2.31. The summed E-state index contributed by atoms with van der Waals surface area (Å²) in [6, 6.07) is 5.27. The molecule has 0 aliphatic heterocycles. The molecule has 0 amide bonds. The zero-order valence-electron chi connectivity index (χ0n) is 10.5. The highest BCUT2D eigenvalue weighted by atomic mass is 19.4. The van der Waals surface area contributed by atoms with Gasteiger partial charge in [-0.3, -0.25) is 0 Å². The van der Waals surface area contributed by atoms with E-state index in [1.54, 1.807) is 6.92 Å². The third-order valence-electron chi connectivity index (χ3n) is 2.28. The molecule has 0 aromatic heterocycles. The Labute approximate surface area is 113 Å². The summed E-state index contributed by atoms with van der Waals surface area (Å²) >= 11 is 0. The normalized spacial score (nSPS) is 12.1. The highest BCUT2D eigenvalue weighted by molar-refractivity contribution is 6.07. The maximum Gasteiger partial charge on any atom is 0.448 e. The van der Waals surface area contributed by atoms with Crippen molar-refractivity contribution in [3.05, 3.63) is 47.2 Å². The molecule has 108 valence electrons. The molecule has 0 aliphatic carbocycles. The molecule has 0 unspecified atom stereocenters. The van der Waals surface area contributed by atoms with Gasteiger partial charge in [0, 0.05) is 6.08 Å². The number of ether oxygens (including phenoxy) is 1. The van der Waals surface area contributed by atoms with E-state index >= 15 is 0 Å². The largest absolute Gasteiger partial charge is 0.504 e. The van der Waals surface area contributed by atoms with Crippen molar-refractivity contribution in [2.45, 2.75) is 13.1 Å². The van der Waals surface area contributed by atoms with Gasteiger partial charge in [0.15, 0.2) is 5.76 Å². The van der Waals surface area contributed by atoms with E-state index in [0.29, 0.717) is 6.08 Å². The molecule has 1 aromatic rings. The van der Waals surface area contributed by atoms with Crippen LogP contribution in [-0.4, -0.2) is 29.6 Å². The zero-order valence-corrected chi connectivity index (χ0v) is 10.5. The van der Waals surface area contributed by atoms with Gasteiger partial charge in [0.1, 0.15) is 0 Å². The van der Waals surface area contributed by atoms with Crippen LogP contribution in [0, 0.1) is 5.41 Å². The van der Waals surface area contributed by atoms with Gasteiger partial charge in [-0.1, -0.05) is 12.1 Å². The summed E-state index contributed by atoms with van der Waals surface area (Å²) in [4.78, 5) is 11.4. The second kappa shape index (κ2) is 6.23. The number of nitrogens with one attached hydrogen (secondary N) is 1. The van der Waals surface area contributed by atoms with Crippen molar-refractivity contribution in [2.75, 3.05) is 6.61 Å². The van der Waals surface area contributed by atoms with Gasteiger partial charge in [-0.05, 0) is 24.6 Å². The summed E-state index contributed by atoms with van der Waals surface area (Å²) in [6.07, 6.45) is -4.59. The fourth-order valence-electron chi connectivity index (χ4n) is 1.30. The minimum absolute atomic E-state index is 0.133. The predicted octanol–water partition coefficient (Wildman–Crippen LogP) is 3.24. The summed E-state index contributed by atoms with van der Waals surface area (Å²) in [5.74, 6) is -2.41. The van der Waals surface area contributed by atoms with Crippen LogP contribution in [0.4, 0.5) is 13.2 Å². The van der Waals surface area contributed by atoms with Crippen molar-refractivity contribution >= 4 is 11.7 Å². The third kappa shape index (κ3) is 4.11. The lowest BCUT2D eigenvalue weighted by Crippen LogP contribution is -2.13. The first-order chi connectivity index (χ1) is 9.25. The van der Waals surface area contributed by atoms with Gasteiger partial charge in [-0.15, -0.1) is 0 Å². The molecule has 0 saturated carbocycles. The van der Waals surface area contributed by atoms with E-state index < -0.39 is 23.6 Å². The van der Waals surface area contributed by atoms with E-state index in [2.05, 4.69) is 0 Å². The standard InChI is InChI=1S/C13H12F3NO3/c1-2-20-12(19)9-5-3-8(4-6-9)10(17)7-11(18)13(14,15)16/h3-7,17-18H,2H2,1H3/b11-7-,17-10?. The first kappa shape index (κ1) is 15.7. The lowest BCUT2D eigenvalue weighted by atomic mass is 10.1. The second-order valence-corrected chi connectivity index (χ2v) is 3.74. The van der Waals surface area contributed by atoms with Crippen LogP contribution in [-0.2, 0) is 4.74 Å². The number of carbonyl (C=O) groups excluding carboxylic acids is 1. The summed E-state index contributed by atoms with van der Waals surface area (Å²) in [7, 11) is 0. The number of carbonyl (C=O) groups is 1. The molecule has 1 rings (SSSR count). The maximum atomic E-state index is 12.1. The minimum Gasteiger partial charge on any atom is -0.504 e. The van der Waals surface area contributed by atoms with Crippen molar-refractivity contribution in [3.8, 4) is 0 Å². The van der Waals surface area contributed by atoms with E-state index in [1.165, 1.54) is 24.3 Å². The average molecular weight is 287 g/mol. The SMILES string of the molecule is CCOC(=O)c1ccc(C(=N)/C=C(\O)C(F)(F)F)cc1. The first-order valence-electron chi connectivity index (χ1n) is 5.59. The molecular weight excluding hydrogens is 275 g/mol. The fourth-order valence-corrected chi connectivity index (χ4v) is 1.30. The Balaban J connectivity index is 2.89. The van der Waals surface area contributed by atoms with E-state index in [4.69, 9.17) is 15.3 Å². The Morgan fingerprint density at radius 3 is 2.25 bits per heavy atom. The molecule has 4 nitrogen and oxygen atoms in total. The van der Waals surface area contributed by atoms with Gasteiger partial charge in [0.05, 0.1) is 17.9 Å². The Morgan fingerprint density at radius 2 is 1.80 bits per heavy atom. The van der Waals surface area contributed by atoms with Crippen LogP contribution in [0.15, 0.2) is 36.1 Å². The molecule has 0 aliphatic rings. The van der Waals surface area contributed by atoms with Crippen LogP contribution in [0.5, 0.6) is 0 Å². The molecule has 0 fully saturated rings. The van der Waals surface area contributed by atoms with Crippen LogP contribution in [0.25, 0.3) is 0 Å². The van der Waals surface area contributed by atoms with Crippen LogP contribution < -0.4 is 0 Å². The average Bonchev–Trinajstić information content (AvgIpc) is 2.38. The molecule has 7 heteroatoms. The Bertz CT molecular complexity index is 533. The van der Waals surface area contributed by atoms with Crippen molar-refractivity contribution in [1.29, 1.82) is 5.41 Å². The summed E-state index contributed by atoms with van der Waals surface area (Å²) in [6.45, 7) is 1.85. The van der Waals surface area contributed by atoms with E-state index in [9.17, 15) is 18.0 Å². The maximum absolute atomic E-state index is 12.1. The number of allylic oxidation sites excluding steroid dienone is 2. The van der Waals surface area contributed by atoms with E-state index in [-0.39, 0.29) is 17.7 Å². The molecule has 0 atom stereocenters. The molecule has 0 bridgehead atoms. The lowest BCUT2D eigenvalue weighted by Gasteiger charge is -2.06. The molecule has 2 N–H and O–H groups in total. The zero-order chi connectivity index (χ0) is 15.3. The minimum atomic E-state index is -4.89. The third-order valence-corrected chi connectivity index (χ3v) is 2.28. The number of esters is 1. The van der Waals surface area contributed by atoms with Crippen molar-refractivity contribution in [2.24, 2.45) is 0 Å². The van der Waals surface area contributed by atoms with Crippen LogP contribution in [0.2, 0.25) is 0 Å². The smallest absolute Gasteiger partial charge is 0.448 e. The van der Waals surface area contributed by atoms with Gasteiger partial charge in [0.25, 0.3) is 0 Å². The molecule has 0 saturated heterocycles. The number of halogens is 3. The fraction of sp³-hybridized carbons (Fsp3) is 0.231. The molecule has 0 radical (unpaired) electrons.